The lowest BCUT2D eigenvalue weighted by Gasteiger charge is -2.27. The Bertz CT molecular complexity index is 447. The van der Waals surface area contributed by atoms with Crippen LogP contribution in [0.5, 0.6) is 5.75 Å². The largest absolute Gasteiger partial charge is 0.494 e. The Balaban J connectivity index is 1.99. The Hall–Kier alpha value is -1.20. The fraction of sp³-hybridized carbons (Fsp3) is 0.533. The third kappa shape index (κ3) is 3.90. The first-order chi connectivity index (χ1) is 9.72. The molecule has 1 unspecified atom stereocenters. The van der Waals surface area contributed by atoms with Crippen LogP contribution < -0.4 is 10.1 Å². The van der Waals surface area contributed by atoms with Crippen molar-refractivity contribution in [1.29, 1.82) is 0 Å². The summed E-state index contributed by atoms with van der Waals surface area (Å²) in [4.78, 5) is 14.2. The van der Waals surface area contributed by atoms with Gasteiger partial charge in [0.15, 0.2) is 0 Å². The zero-order chi connectivity index (χ0) is 14.4. The highest BCUT2D eigenvalue weighted by molar-refractivity contribution is 7.99. The smallest absolute Gasteiger partial charge is 0.240 e. The molecule has 2 rings (SSSR count). The standard InChI is InChI=1S/C15H22N2O2S/c1-3-19-14-7-5-4-6-12(14)10-17(2)15(18)13-11-20-9-8-16-13/h4-7,13,16H,3,8-11H2,1-2H3. The molecule has 1 atom stereocenters. The van der Waals surface area contributed by atoms with Crippen molar-refractivity contribution in [1.82, 2.24) is 10.2 Å². The summed E-state index contributed by atoms with van der Waals surface area (Å²) in [6.07, 6.45) is 0. The molecular formula is C15H22N2O2S. The summed E-state index contributed by atoms with van der Waals surface area (Å²) in [5.41, 5.74) is 1.05. The molecule has 110 valence electrons. The van der Waals surface area contributed by atoms with Crippen molar-refractivity contribution in [2.45, 2.75) is 19.5 Å². The van der Waals surface area contributed by atoms with Crippen LogP contribution in [0.25, 0.3) is 0 Å². The second-order valence-electron chi connectivity index (χ2n) is 4.82. The highest BCUT2D eigenvalue weighted by Crippen LogP contribution is 2.20. The maximum atomic E-state index is 12.4. The van der Waals surface area contributed by atoms with Crippen molar-refractivity contribution < 1.29 is 9.53 Å². The Kier molecular flexibility index (Phi) is 5.73. The first kappa shape index (κ1) is 15.2. The number of benzene rings is 1. The molecule has 0 aromatic heterocycles. The van der Waals surface area contributed by atoms with Gasteiger partial charge in [0.1, 0.15) is 5.75 Å². The van der Waals surface area contributed by atoms with E-state index in [0.29, 0.717) is 13.2 Å². The maximum Gasteiger partial charge on any atom is 0.240 e. The molecule has 1 amide bonds. The van der Waals surface area contributed by atoms with Gasteiger partial charge in [-0.15, -0.1) is 0 Å². The summed E-state index contributed by atoms with van der Waals surface area (Å²) in [5, 5.41) is 3.28. The predicted octanol–water partition coefficient (Wildman–Crippen LogP) is 1.75. The fourth-order valence-electron chi connectivity index (χ4n) is 2.25. The Morgan fingerprint density at radius 2 is 2.30 bits per heavy atom. The molecule has 1 fully saturated rings. The van der Waals surface area contributed by atoms with Gasteiger partial charge in [-0.25, -0.2) is 0 Å². The molecule has 4 nitrogen and oxygen atoms in total. The molecule has 1 aromatic rings. The van der Waals surface area contributed by atoms with Crippen LogP contribution in [0.4, 0.5) is 0 Å². The van der Waals surface area contributed by atoms with Crippen LogP contribution in [-0.4, -0.2) is 48.6 Å². The Morgan fingerprint density at radius 3 is 3.00 bits per heavy atom. The summed E-state index contributed by atoms with van der Waals surface area (Å²) in [6, 6.07) is 7.84. The molecule has 0 aliphatic carbocycles. The number of nitrogens with zero attached hydrogens (tertiary/aromatic N) is 1. The first-order valence-electron chi connectivity index (χ1n) is 6.99. The molecule has 0 radical (unpaired) electrons. The number of likely N-dealkylation sites (N-methyl/N-ethyl adjacent to an activating group) is 1. The molecule has 5 heteroatoms. The van der Waals surface area contributed by atoms with Gasteiger partial charge in [-0.1, -0.05) is 18.2 Å². The third-order valence-electron chi connectivity index (χ3n) is 3.28. The molecule has 20 heavy (non-hydrogen) atoms. The van der Waals surface area contributed by atoms with Crippen LogP contribution in [0.2, 0.25) is 0 Å². The molecule has 1 N–H and O–H groups in total. The van der Waals surface area contributed by atoms with E-state index >= 15 is 0 Å². The van der Waals surface area contributed by atoms with Crippen LogP contribution in [0.15, 0.2) is 24.3 Å². The number of nitrogens with one attached hydrogen (secondary N) is 1. The summed E-state index contributed by atoms with van der Waals surface area (Å²) in [7, 11) is 1.85. The summed E-state index contributed by atoms with van der Waals surface area (Å²) in [6.45, 7) is 4.09. The average molecular weight is 294 g/mol. The molecule has 1 heterocycles. The van der Waals surface area contributed by atoms with Crippen molar-refractivity contribution in [2.24, 2.45) is 0 Å². The van der Waals surface area contributed by atoms with E-state index in [4.69, 9.17) is 4.74 Å². The minimum atomic E-state index is -0.0574. The van der Waals surface area contributed by atoms with Gasteiger partial charge in [-0.05, 0) is 13.0 Å². The third-order valence-corrected chi connectivity index (χ3v) is 4.34. The lowest BCUT2D eigenvalue weighted by Crippen LogP contribution is -2.49. The van der Waals surface area contributed by atoms with E-state index < -0.39 is 0 Å². The molecule has 1 aliphatic rings. The second kappa shape index (κ2) is 7.55. The quantitative estimate of drug-likeness (QED) is 0.898. The van der Waals surface area contributed by atoms with Crippen molar-refractivity contribution >= 4 is 17.7 Å². The molecule has 1 aromatic carbocycles. The topological polar surface area (TPSA) is 41.6 Å². The number of rotatable bonds is 5. The van der Waals surface area contributed by atoms with Crippen molar-refractivity contribution in [3.8, 4) is 5.75 Å². The molecule has 1 aliphatic heterocycles. The summed E-state index contributed by atoms with van der Waals surface area (Å²) >= 11 is 1.83. The van der Waals surface area contributed by atoms with Gasteiger partial charge in [0, 0.05) is 37.2 Å². The van der Waals surface area contributed by atoms with E-state index in [9.17, 15) is 4.79 Å². The maximum absolute atomic E-state index is 12.4. The predicted molar refractivity (Wildman–Crippen MR) is 83.2 cm³/mol. The minimum absolute atomic E-state index is 0.0574. The summed E-state index contributed by atoms with van der Waals surface area (Å²) in [5.74, 6) is 2.96. The van der Waals surface area contributed by atoms with Crippen LogP contribution in [-0.2, 0) is 11.3 Å². The fourth-order valence-corrected chi connectivity index (χ4v) is 3.18. The zero-order valence-corrected chi connectivity index (χ0v) is 12.9. The van der Waals surface area contributed by atoms with Gasteiger partial charge >= 0.3 is 0 Å². The monoisotopic (exact) mass is 294 g/mol. The van der Waals surface area contributed by atoms with Crippen LogP contribution in [0, 0.1) is 0 Å². The van der Waals surface area contributed by atoms with Gasteiger partial charge in [0.25, 0.3) is 0 Å². The summed E-state index contributed by atoms with van der Waals surface area (Å²) < 4.78 is 5.61. The van der Waals surface area contributed by atoms with Gasteiger partial charge in [0.2, 0.25) is 5.91 Å². The lowest BCUT2D eigenvalue weighted by molar-refractivity contribution is -0.132. The van der Waals surface area contributed by atoms with Crippen LogP contribution in [0.1, 0.15) is 12.5 Å². The number of carbonyl (C=O) groups is 1. The Morgan fingerprint density at radius 1 is 1.50 bits per heavy atom. The number of thioether (sulfide) groups is 1. The van der Waals surface area contributed by atoms with Gasteiger partial charge in [0.05, 0.1) is 12.6 Å². The molecular weight excluding hydrogens is 272 g/mol. The highest BCUT2D eigenvalue weighted by atomic mass is 32.2. The van der Waals surface area contributed by atoms with E-state index in [1.54, 1.807) is 4.90 Å². The second-order valence-corrected chi connectivity index (χ2v) is 5.97. The van der Waals surface area contributed by atoms with E-state index in [0.717, 1.165) is 29.4 Å². The van der Waals surface area contributed by atoms with Crippen molar-refractivity contribution in [3.05, 3.63) is 29.8 Å². The lowest BCUT2D eigenvalue weighted by atomic mass is 10.1. The number of amides is 1. The van der Waals surface area contributed by atoms with E-state index in [1.807, 2.05) is 50.0 Å². The zero-order valence-electron chi connectivity index (χ0n) is 12.1. The van der Waals surface area contributed by atoms with Crippen LogP contribution in [0.3, 0.4) is 0 Å². The van der Waals surface area contributed by atoms with E-state index in [-0.39, 0.29) is 11.9 Å². The number of hydrogen-bond acceptors (Lipinski definition) is 4. The highest BCUT2D eigenvalue weighted by Gasteiger charge is 2.24. The van der Waals surface area contributed by atoms with E-state index in [1.165, 1.54) is 0 Å². The number of hydrogen-bond donors (Lipinski definition) is 1. The number of ether oxygens (including phenoxy) is 1. The van der Waals surface area contributed by atoms with E-state index in [2.05, 4.69) is 5.32 Å². The molecule has 0 spiro atoms. The first-order valence-corrected chi connectivity index (χ1v) is 8.14. The molecule has 0 saturated carbocycles. The van der Waals surface area contributed by atoms with Crippen LogP contribution >= 0.6 is 11.8 Å². The van der Waals surface area contributed by atoms with Crippen molar-refractivity contribution in [3.63, 3.8) is 0 Å². The normalized spacial score (nSPS) is 18.6. The average Bonchev–Trinajstić information content (AvgIpc) is 2.49. The number of carbonyl (C=O) groups excluding carboxylic acids is 1. The van der Waals surface area contributed by atoms with Gasteiger partial charge in [-0.2, -0.15) is 11.8 Å². The molecule has 1 saturated heterocycles. The Labute approximate surface area is 124 Å². The SMILES string of the molecule is CCOc1ccccc1CN(C)C(=O)C1CSCCN1. The van der Waals surface area contributed by atoms with Gasteiger partial charge in [-0.3, -0.25) is 4.79 Å². The van der Waals surface area contributed by atoms with Gasteiger partial charge < -0.3 is 15.0 Å². The number of para-hydroxylation sites is 1. The van der Waals surface area contributed by atoms with Crippen molar-refractivity contribution in [2.75, 3.05) is 31.7 Å². The molecule has 0 bridgehead atoms. The minimum Gasteiger partial charge on any atom is -0.494 e.